The first-order valence-corrected chi connectivity index (χ1v) is 10.9. The van der Waals surface area contributed by atoms with E-state index in [2.05, 4.69) is 30.7 Å². The normalized spacial score (nSPS) is 13.1. The van der Waals surface area contributed by atoms with Crippen molar-refractivity contribution in [2.75, 3.05) is 0 Å². The Morgan fingerprint density at radius 3 is 2.31 bits per heavy atom. The molecule has 0 aliphatic heterocycles. The number of aryl methyl sites for hydroxylation is 1. The average molecular weight is 457 g/mol. The summed E-state index contributed by atoms with van der Waals surface area (Å²) in [4.78, 5) is 0. The summed E-state index contributed by atoms with van der Waals surface area (Å²) in [6, 6.07) is 17.9. The third-order valence-electron chi connectivity index (χ3n) is 5.70. The van der Waals surface area contributed by atoms with Gasteiger partial charge in [0, 0.05) is 16.0 Å². The van der Waals surface area contributed by atoms with E-state index in [0.717, 1.165) is 40.6 Å². The molecule has 1 heterocycles. The van der Waals surface area contributed by atoms with E-state index in [0.29, 0.717) is 11.5 Å². The maximum absolute atomic E-state index is 13.0. The van der Waals surface area contributed by atoms with Gasteiger partial charge in [-0.05, 0) is 60.2 Å². The Balaban J connectivity index is 1.80. The van der Waals surface area contributed by atoms with Crippen LogP contribution in [0.15, 0.2) is 66.9 Å². The number of fused-ring (bicyclic) bond motifs is 1. The van der Waals surface area contributed by atoms with Crippen molar-refractivity contribution in [3.8, 4) is 11.1 Å². The van der Waals surface area contributed by atoms with Gasteiger partial charge in [0.05, 0.1) is 23.3 Å². The lowest BCUT2D eigenvalue weighted by Crippen LogP contribution is -2.14. The van der Waals surface area contributed by atoms with Crippen molar-refractivity contribution >= 4 is 22.5 Å². The van der Waals surface area contributed by atoms with Gasteiger partial charge in [-0.3, -0.25) is 4.68 Å². The van der Waals surface area contributed by atoms with E-state index >= 15 is 0 Å². The van der Waals surface area contributed by atoms with Crippen molar-refractivity contribution in [3.05, 3.63) is 88.6 Å². The number of rotatable bonds is 5. The number of hydrogen-bond donors (Lipinski definition) is 0. The van der Waals surface area contributed by atoms with Crippen molar-refractivity contribution in [2.24, 2.45) is 5.92 Å². The minimum atomic E-state index is -4.43. The predicted molar refractivity (Wildman–Crippen MR) is 124 cm³/mol. The Bertz CT molecular complexity index is 1240. The highest BCUT2D eigenvalue weighted by atomic mass is 35.5. The molecule has 1 atom stereocenters. The second kappa shape index (κ2) is 8.62. The summed E-state index contributed by atoms with van der Waals surface area (Å²) >= 11 is 6.27. The summed E-state index contributed by atoms with van der Waals surface area (Å²) in [5.74, 6) is 0.478. The van der Waals surface area contributed by atoms with Crippen LogP contribution in [0.1, 0.15) is 43.0 Å². The van der Waals surface area contributed by atoms with Crippen LogP contribution in [0.4, 0.5) is 13.2 Å². The Hall–Kier alpha value is -2.79. The molecule has 0 fully saturated rings. The maximum atomic E-state index is 13.0. The molecule has 166 valence electrons. The zero-order valence-corrected chi connectivity index (χ0v) is 18.9. The molecule has 4 rings (SSSR count). The highest BCUT2D eigenvalue weighted by Crippen LogP contribution is 2.38. The summed E-state index contributed by atoms with van der Waals surface area (Å²) in [5, 5.41) is 5.71. The molecule has 0 N–H and O–H groups in total. The van der Waals surface area contributed by atoms with Crippen molar-refractivity contribution in [2.45, 2.75) is 39.4 Å². The molecule has 3 aromatic carbocycles. The summed E-state index contributed by atoms with van der Waals surface area (Å²) in [6.07, 6.45) is -1.68. The lowest BCUT2D eigenvalue weighted by molar-refractivity contribution is -0.137. The van der Waals surface area contributed by atoms with Crippen molar-refractivity contribution in [1.29, 1.82) is 0 Å². The van der Waals surface area contributed by atoms with Crippen molar-refractivity contribution in [3.63, 3.8) is 0 Å². The van der Waals surface area contributed by atoms with Gasteiger partial charge in [0.15, 0.2) is 0 Å². The summed E-state index contributed by atoms with van der Waals surface area (Å²) in [5.41, 5.74) is 3.74. The quantitative estimate of drug-likeness (QED) is 0.295. The first-order chi connectivity index (χ1) is 15.1. The van der Waals surface area contributed by atoms with Crippen LogP contribution in [0, 0.1) is 12.8 Å². The second-order valence-electron chi connectivity index (χ2n) is 8.56. The molecule has 0 bridgehead atoms. The van der Waals surface area contributed by atoms with Gasteiger partial charge in [-0.25, -0.2) is 0 Å². The zero-order chi connectivity index (χ0) is 23.0. The van der Waals surface area contributed by atoms with E-state index in [4.69, 9.17) is 16.7 Å². The zero-order valence-electron chi connectivity index (χ0n) is 18.1. The molecule has 0 aliphatic carbocycles. The van der Waals surface area contributed by atoms with E-state index in [9.17, 15) is 13.2 Å². The second-order valence-corrected chi connectivity index (χ2v) is 8.97. The molecule has 32 heavy (non-hydrogen) atoms. The highest BCUT2D eigenvalue weighted by molar-refractivity contribution is 6.33. The van der Waals surface area contributed by atoms with Crippen LogP contribution >= 0.6 is 11.6 Å². The molecule has 0 spiro atoms. The Kier molecular flexibility index (Phi) is 6.04. The standard InChI is InChI=1S/C26H24ClF3N2/c1-16(2)11-24(18-7-5-4-6-8-18)32-25-12-17(3)22(13-19(25)15-31-32)21-10-9-20(14-23(21)27)26(28,29)30/h4-10,12-16,24H,11H2,1-3H3. The van der Waals surface area contributed by atoms with Gasteiger partial charge in [0.1, 0.15) is 0 Å². The van der Waals surface area contributed by atoms with Crippen LogP contribution in [-0.4, -0.2) is 9.78 Å². The number of alkyl halides is 3. The lowest BCUT2D eigenvalue weighted by atomic mass is 9.95. The molecule has 6 heteroatoms. The van der Waals surface area contributed by atoms with Gasteiger partial charge in [0.25, 0.3) is 0 Å². The lowest BCUT2D eigenvalue weighted by Gasteiger charge is -2.21. The van der Waals surface area contributed by atoms with E-state index in [-0.39, 0.29) is 11.1 Å². The summed E-state index contributed by atoms with van der Waals surface area (Å²) in [6.45, 7) is 6.33. The molecule has 1 aromatic heterocycles. The average Bonchev–Trinajstić information content (AvgIpc) is 3.13. The Morgan fingerprint density at radius 1 is 0.969 bits per heavy atom. The molecule has 0 saturated heterocycles. The first kappa shape index (κ1) is 22.4. The third-order valence-corrected chi connectivity index (χ3v) is 6.02. The van der Waals surface area contributed by atoms with Crippen molar-refractivity contribution in [1.82, 2.24) is 9.78 Å². The molecule has 1 unspecified atom stereocenters. The van der Waals surface area contributed by atoms with Crippen LogP contribution < -0.4 is 0 Å². The van der Waals surface area contributed by atoms with Crippen LogP contribution in [0.3, 0.4) is 0 Å². The van der Waals surface area contributed by atoms with Gasteiger partial charge in [0.2, 0.25) is 0 Å². The maximum Gasteiger partial charge on any atom is 0.416 e. The smallest absolute Gasteiger partial charge is 0.257 e. The van der Waals surface area contributed by atoms with Gasteiger partial charge >= 0.3 is 6.18 Å². The van der Waals surface area contributed by atoms with Crippen LogP contribution in [0.5, 0.6) is 0 Å². The third kappa shape index (κ3) is 4.40. The molecule has 0 aliphatic rings. The number of aromatic nitrogens is 2. The molecule has 0 radical (unpaired) electrons. The number of benzene rings is 3. The fraction of sp³-hybridized carbons (Fsp3) is 0.269. The fourth-order valence-electron chi connectivity index (χ4n) is 4.15. The van der Waals surface area contributed by atoms with E-state index in [1.165, 1.54) is 11.6 Å². The number of nitrogens with zero attached hydrogens (tertiary/aromatic N) is 2. The monoisotopic (exact) mass is 456 g/mol. The number of hydrogen-bond acceptors (Lipinski definition) is 1. The van der Waals surface area contributed by atoms with E-state index < -0.39 is 11.7 Å². The Morgan fingerprint density at radius 2 is 1.69 bits per heavy atom. The number of halogens is 4. The minimum Gasteiger partial charge on any atom is -0.257 e. The van der Waals surface area contributed by atoms with Crippen LogP contribution in [0.25, 0.3) is 22.0 Å². The van der Waals surface area contributed by atoms with Crippen LogP contribution in [-0.2, 0) is 6.18 Å². The molecule has 2 nitrogen and oxygen atoms in total. The summed E-state index contributed by atoms with van der Waals surface area (Å²) in [7, 11) is 0. The minimum absolute atomic E-state index is 0.0802. The van der Waals surface area contributed by atoms with Gasteiger partial charge in [-0.15, -0.1) is 0 Å². The van der Waals surface area contributed by atoms with Crippen molar-refractivity contribution < 1.29 is 13.2 Å². The predicted octanol–water partition coefficient (Wildman–Crippen LogP) is 8.32. The summed E-state index contributed by atoms with van der Waals surface area (Å²) < 4.78 is 41.1. The highest BCUT2D eigenvalue weighted by Gasteiger charge is 2.31. The SMILES string of the molecule is Cc1cc2c(cnn2C(CC(C)C)c2ccccc2)cc1-c1ccc(C(F)(F)F)cc1Cl. The van der Waals surface area contributed by atoms with Gasteiger partial charge in [-0.2, -0.15) is 18.3 Å². The van der Waals surface area contributed by atoms with Crippen LogP contribution in [0.2, 0.25) is 5.02 Å². The Labute approximate surface area is 190 Å². The topological polar surface area (TPSA) is 17.8 Å². The molecular formula is C26H24ClF3N2. The van der Waals surface area contributed by atoms with E-state index in [1.807, 2.05) is 43.5 Å². The van der Waals surface area contributed by atoms with E-state index in [1.54, 1.807) is 0 Å². The fourth-order valence-corrected chi connectivity index (χ4v) is 4.43. The molecule has 0 amide bonds. The van der Waals surface area contributed by atoms with Gasteiger partial charge in [-0.1, -0.05) is 61.8 Å². The first-order valence-electron chi connectivity index (χ1n) is 10.5. The largest absolute Gasteiger partial charge is 0.416 e. The molecule has 0 saturated carbocycles. The molecule has 4 aromatic rings. The molecular weight excluding hydrogens is 433 g/mol. The van der Waals surface area contributed by atoms with Gasteiger partial charge < -0.3 is 0 Å².